The number of benzene rings is 2. The van der Waals surface area contributed by atoms with Gasteiger partial charge < -0.3 is 15.1 Å². The summed E-state index contributed by atoms with van der Waals surface area (Å²) in [7, 11) is 0. The molecular formula is C25H25N5O4. The summed E-state index contributed by atoms with van der Waals surface area (Å²) < 4.78 is 0. The van der Waals surface area contributed by atoms with Crippen LogP contribution in [0.4, 0.5) is 11.4 Å². The SMILES string of the molecule is CC(=O)N1CCN(c2ccc(C(=O)NC(c3ccccc3)c3ccccn3)cc2[N+](=O)[O-])CC1. The Morgan fingerprint density at radius 3 is 2.32 bits per heavy atom. The fourth-order valence-electron chi connectivity index (χ4n) is 4.08. The van der Waals surface area contributed by atoms with Crippen molar-refractivity contribution < 1.29 is 14.5 Å². The lowest BCUT2D eigenvalue weighted by Gasteiger charge is -2.35. The number of anilines is 1. The van der Waals surface area contributed by atoms with E-state index >= 15 is 0 Å². The second-order valence-corrected chi connectivity index (χ2v) is 8.03. The van der Waals surface area contributed by atoms with Gasteiger partial charge >= 0.3 is 0 Å². The minimum atomic E-state index is -0.506. The molecule has 0 saturated carbocycles. The van der Waals surface area contributed by atoms with Crippen molar-refractivity contribution in [1.82, 2.24) is 15.2 Å². The van der Waals surface area contributed by atoms with Crippen LogP contribution in [-0.4, -0.2) is 52.8 Å². The first-order chi connectivity index (χ1) is 16.4. The molecule has 1 atom stereocenters. The molecule has 2 aromatic carbocycles. The van der Waals surface area contributed by atoms with Gasteiger partial charge in [-0.05, 0) is 29.8 Å². The van der Waals surface area contributed by atoms with Crippen LogP contribution in [0.25, 0.3) is 0 Å². The van der Waals surface area contributed by atoms with Gasteiger partial charge in [0.15, 0.2) is 0 Å². The minimum absolute atomic E-state index is 0.0120. The number of rotatable bonds is 6. The topological polar surface area (TPSA) is 109 Å². The molecule has 0 bridgehead atoms. The molecule has 1 saturated heterocycles. The van der Waals surface area contributed by atoms with Gasteiger partial charge in [0.1, 0.15) is 5.69 Å². The molecule has 1 N–H and O–H groups in total. The fourth-order valence-corrected chi connectivity index (χ4v) is 4.08. The summed E-state index contributed by atoms with van der Waals surface area (Å²) in [6.07, 6.45) is 1.66. The van der Waals surface area contributed by atoms with Gasteiger partial charge in [-0.3, -0.25) is 24.7 Å². The zero-order valence-electron chi connectivity index (χ0n) is 18.8. The molecule has 0 aliphatic carbocycles. The number of nitro benzene ring substituents is 1. The number of aromatic nitrogens is 1. The molecule has 9 nitrogen and oxygen atoms in total. The van der Waals surface area contributed by atoms with Crippen molar-refractivity contribution >= 4 is 23.2 Å². The summed E-state index contributed by atoms with van der Waals surface area (Å²) >= 11 is 0. The zero-order valence-corrected chi connectivity index (χ0v) is 18.8. The van der Waals surface area contributed by atoms with Gasteiger partial charge in [0.05, 0.1) is 16.7 Å². The smallest absolute Gasteiger partial charge is 0.293 e. The highest BCUT2D eigenvalue weighted by Crippen LogP contribution is 2.31. The van der Waals surface area contributed by atoms with E-state index in [1.165, 1.54) is 13.0 Å². The highest BCUT2D eigenvalue weighted by molar-refractivity contribution is 5.96. The maximum absolute atomic E-state index is 13.2. The molecule has 2 amide bonds. The third kappa shape index (κ3) is 5.03. The lowest BCUT2D eigenvalue weighted by molar-refractivity contribution is -0.384. The van der Waals surface area contributed by atoms with Crippen LogP contribution in [0.5, 0.6) is 0 Å². The summed E-state index contributed by atoms with van der Waals surface area (Å²) in [6.45, 7) is 3.48. The van der Waals surface area contributed by atoms with E-state index in [9.17, 15) is 19.7 Å². The Hall–Kier alpha value is -4.27. The van der Waals surface area contributed by atoms with Gasteiger partial charge in [0.2, 0.25) is 5.91 Å². The van der Waals surface area contributed by atoms with Crippen LogP contribution in [0.3, 0.4) is 0 Å². The van der Waals surface area contributed by atoms with Crippen LogP contribution in [0.2, 0.25) is 0 Å². The van der Waals surface area contributed by atoms with Crippen molar-refractivity contribution in [3.63, 3.8) is 0 Å². The molecule has 1 aromatic heterocycles. The Morgan fingerprint density at radius 2 is 1.71 bits per heavy atom. The third-order valence-corrected chi connectivity index (χ3v) is 5.89. The number of nitrogens with one attached hydrogen (secondary N) is 1. The van der Waals surface area contributed by atoms with Gasteiger partial charge in [0, 0.05) is 50.9 Å². The van der Waals surface area contributed by atoms with E-state index in [1.54, 1.807) is 29.3 Å². The van der Waals surface area contributed by atoms with Crippen molar-refractivity contribution in [2.45, 2.75) is 13.0 Å². The number of nitrogens with zero attached hydrogens (tertiary/aromatic N) is 4. The van der Waals surface area contributed by atoms with E-state index in [0.29, 0.717) is 37.6 Å². The first-order valence-electron chi connectivity index (χ1n) is 11.0. The van der Waals surface area contributed by atoms with Crippen molar-refractivity contribution in [2.24, 2.45) is 0 Å². The van der Waals surface area contributed by atoms with Gasteiger partial charge in [-0.2, -0.15) is 0 Å². The first kappa shape index (κ1) is 22.9. The van der Waals surface area contributed by atoms with Crippen molar-refractivity contribution in [1.29, 1.82) is 0 Å². The summed E-state index contributed by atoms with van der Waals surface area (Å²) in [5, 5.41) is 14.8. The average Bonchev–Trinajstić information content (AvgIpc) is 2.87. The predicted octanol–water partition coefficient (Wildman–Crippen LogP) is 3.18. The molecule has 2 heterocycles. The molecule has 3 aromatic rings. The van der Waals surface area contributed by atoms with Gasteiger partial charge in [-0.1, -0.05) is 36.4 Å². The van der Waals surface area contributed by atoms with Crippen LogP contribution in [0, 0.1) is 10.1 Å². The summed E-state index contributed by atoms with van der Waals surface area (Å²) in [5.41, 5.74) is 2.00. The van der Waals surface area contributed by atoms with Crippen LogP contribution >= 0.6 is 0 Å². The van der Waals surface area contributed by atoms with Gasteiger partial charge in [0.25, 0.3) is 11.6 Å². The second-order valence-electron chi connectivity index (χ2n) is 8.03. The van der Waals surface area contributed by atoms with E-state index in [4.69, 9.17) is 0 Å². The number of piperazine rings is 1. The van der Waals surface area contributed by atoms with Crippen LogP contribution in [0.1, 0.15) is 34.6 Å². The van der Waals surface area contributed by atoms with Gasteiger partial charge in [-0.15, -0.1) is 0 Å². The molecule has 0 radical (unpaired) electrons. The molecular weight excluding hydrogens is 434 g/mol. The molecule has 174 valence electrons. The molecule has 1 aliphatic rings. The lowest BCUT2D eigenvalue weighted by Crippen LogP contribution is -2.48. The van der Waals surface area contributed by atoms with Crippen LogP contribution in [0.15, 0.2) is 72.9 Å². The third-order valence-electron chi connectivity index (χ3n) is 5.89. The quantitative estimate of drug-likeness (QED) is 0.448. The van der Waals surface area contributed by atoms with E-state index in [1.807, 2.05) is 47.4 Å². The summed E-state index contributed by atoms with van der Waals surface area (Å²) in [4.78, 5) is 44.1. The lowest BCUT2D eigenvalue weighted by atomic mass is 10.0. The molecule has 1 fully saturated rings. The summed E-state index contributed by atoms with van der Waals surface area (Å²) in [6, 6.07) is 18.9. The van der Waals surface area contributed by atoms with Crippen molar-refractivity contribution in [2.75, 3.05) is 31.1 Å². The number of hydrogen-bond donors (Lipinski definition) is 1. The molecule has 9 heteroatoms. The largest absolute Gasteiger partial charge is 0.362 e. The average molecular weight is 460 g/mol. The minimum Gasteiger partial charge on any atom is -0.362 e. The Labute approximate surface area is 197 Å². The Kier molecular flexibility index (Phi) is 6.82. The van der Waals surface area contributed by atoms with Crippen molar-refractivity contribution in [3.8, 4) is 0 Å². The number of carbonyl (C=O) groups excluding carboxylic acids is 2. The van der Waals surface area contributed by atoms with Crippen LogP contribution in [-0.2, 0) is 4.79 Å². The first-order valence-corrected chi connectivity index (χ1v) is 11.0. The monoisotopic (exact) mass is 459 g/mol. The number of pyridine rings is 1. The standard InChI is InChI=1S/C25H25N5O4/c1-18(31)28-13-15-29(16-14-28)22-11-10-20(17-23(22)30(33)34)25(32)27-24(19-7-3-2-4-8-19)21-9-5-6-12-26-21/h2-12,17,24H,13-16H2,1H3,(H,27,32). The van der Waals surface area contributed by atoms with E-state index in [-0.39, 0.29) is 17.2 Å². The number of nitro groups is 1. The van der Waals surface area contributed by atoms with E-state index < -0.39 is 16.9 Å². The summed E-state index contributed by atoms with van der Waals surface area (Å²) in [5.74, 6) is -0.447. The highest BCUT2D eigenvalue weighted by Gasteiger charge is 2.27. The predicted molar refractivity (Wildman–Crippen MR) is 128 cm³/mol. The molecule has 0 spiro atoms. The molecule has 1 aliphatic heterocycles. The maximum atomic E-state index is 13.2. The number of hydrogen-bond acceptors (Lipinski definition) is 6. The normalized spacial score (nSPS) is 14.4. The zero-order chi connectivity index (χ0) is 24.1. The van der Waals surface area contributed by atoms with E-state index in [0.717, 1.165) is 5.56 Å². The second kappa shape index (κ2) is 10.1. The molecule has 34 heavy (non-hydrogen) atoms. The highest BCUT2D eigenvalue weighted by atomic mass is 16.6. The van der Waals surface area contributed by atoms with E-state index in [2.05, 4.69) is 10.3 Å². The molecule has 1 unspecified atom stereocenters. The Balaban J connectivity index is 1.59. The van der Waals surface area contributed by atoms with Crippen LogP contribution < -0.4 is 10.2 Å². The maximum Gasteiger partial charge on any atom is 0.293 e. The number of carbonyl (C=O) groups is 2. The Morgan fingerprint density at radius 1 is 1.00 bits per heavy atom. The van der Waals surface area contributed by atoms with Crippen molar-refractivity contribution in [3.05, 3.63) is 99.9 Å². The Bertz CT molecular complexity index is 1140. The fraction of sp³-hybridized carbons (Fsp3) is 0.240. The number of amides is 2. The van der Waals surface area contributed by atoms with Gasteiger partial charge in [-0.25, -0.2) is 0 Å². The molecule has 4 rings (SSSR count).